The molecule has 0 saturated carbocycles. The molecule has 1 unspecified atom stereocenters. The Morgan fingerprint density at radius 3 is 2.75 bits per heavy atom. The third-order valence-electron chi connectivity index (χ3n) is 2.03. The van der Waals surface area contributed by atoms with Crippen molar-refractivity contribution < 1.29 is 9.53 Å². The summed E-state index contributed by atoms with van der Waals surface area (Å²) in [6, 6.07) is 0.265. The summed E-state index contributed by atoms with van der Waals surface area (Å²) < 4.78 is 4.96. The molecule has 0 aromatic heterocycles. The lowest BCUT2D eigenvalue weighted by atomic mass is 10.0. The van der Waals surface area contributed by atoms with Crippen LogP contribution in [0.3, 0.4) is 0 Å². The van der Waals surface area contributed by atoms with Crippen LogP contribution in [0, 0.1) is 0 Å². The molecule has 3 nitrogen and oxygen atoms in total. The first-order valence-electron chi connectivity index (χ1n) is 4.13. The first-order chi connectivity index (χ1) is 5.56. The number of hydrogen-bond donors (Lipinski definition) is 1. The lowest BCUT2D eigenvalue weighted by Gasteiger charge is -2.43. The number of thioether (sulfide) groups is 1. The molecule has 1 heterocycles. The molecule has 0 radical (unpaired) electrons. The van der Waals surface area contributed by atoms with Gasteiger partial charge in [-0.3, -0.25) is 0 Å². The van der Waals surface area contributed by atoms with Crippen molar-refractivity contribution >= 4 is 17.9 Å². The molecule has 0 aromatic carbocycles. The molecule has 1 aliphatic heterocycles. The van der Waals surface area contributed by atoms with Gasteiger partial charge in [0.1, 0.15) is 0 Å². The highest BCUT2D eigenvalue weighted by molar-refractivity contribution is 8.02. The standard InChI is InChI=1S/C8H15NO2S/c1-4-11-7(10)9-6-5-12-8(6,2)3/h6H,4-5H2,1-3H3,(H,9,10). The molecule has 0 spiro atoms. The summed E-state index contributed by atoms with van der Waals surface area (Å²) >= 11 is 1.86. The fourth-order valence-electron chi connectivity index (χ4n) is 1.03. The molecule has 1 N–H and O–H groups in total. The third-order valence-corrected chi connectivity index (χ3v) is 3.56. The fourth-order valence-corrected chi connectivity index (χ4v) is 2.17. The maximum atomic E-state index is 11.0. The van der Waals surface area contributed by atoms with Crippen molar-refractivity contribution in [1.82, 2.24) is 5.32 Å². The highest BCUT2D eigenvalue weighted by Crippen LogP contribution is 2.39. The van der Waals surface area contributed by atoms with Crippen molar-refractivity contribution in [3.63, 3.8) is 0 Å². The summed E-state index contributed by atoms with van der Waals surface area (Å²) in [7, 11) is 0. The summed E-state index contributed by atoms with van der Waals surface area (Å²) in [6.45, 7) is 6.49. The van der Waals surface area contributed by atoms with Crippen LogP contribution in [0.1, 0.15) is 20.8 Å². The number of amides is 1. The van der Waals surface area contributed by atoms with Crippen LogP contribution in [0.5, 0.6) is 0 Å². The number of hydrogen-bond acceptors (Lipinski definition) is 3. The van der Waals surface area contributed by atoms with Gasteiger partial charge in [0.15, 0.2) is 0 Å². The lowest BCUT2D eigenvalue weighted by Crippen LogP contribution is -2.56. The summed E-state index contributed by atoms with van der Waals surface area (Å²) in [5, 5.41) is 2.83. The minimum absolute atomic E-state index is 0.173. The van der Waals surface area contributed by atoms with Gasteiger partial charge in [-0.15, -0.1) is 0 Å². The number of carbonyl (C=O) groups is 1. The second kappa shape index (κ2) is 3.56. The van der Waals surface area contributed by atoms with Crippen LogP contribution >= 0.6 is 11.8 Å². The Morgan fingerprint density at radius 2 is 2.42 bits per heavy atom. The zero-order valence-corrected chi connectivity index (χ0v) is 8.53. The van der Waals surface area contributed by atoms with Crippen LogP contribution in [0.25, 0.3) is 0 Å². The minimum atomic E-state index is -0.295. The molecule has 1 amide bonds. The molecule has 0 aliphatic carbocycles. The van der Waals surface area contributed by atoms with Crippen LogP contribution in [0.15, 0.2) is 0 Å². The smallest absolute Gasteiger partial charge is 0.407 e. The van der Waals surface area contributed by atoms with Crippen LogP contribution in [0.4, 0.5) is 4.79 Å². The molecule has 0 aromatic rings. The second-order valence-corrected chi connectivity index (χ2v) is 5.01. The van der Waals surface area contributed by atoms with Gasteiger partial charge in [0.2, 0.25) is 0 Å². The van der Waals surface area contributed by atoms with Gasteiger partial charge >= 0.3 is 6.09 Å². The molecular formula is C8H15NO2S. The fraction of sp³-hybridized carbons (Fsp3) is 0.875. The Balaban J connectivity index is 2.28. The topological polar surface area (TPSA) is 38.3 Å². The molecule has 1 rings (SSSR count). The Hall–Kier alpha value is -0.380. The third kappa shape index (κ3) is 2.06. The van der Waals surface area contributed by atoms with E-state index in [9.17, 15) is 4.79 Å². The average molecular weight is 189 g/mol. The monoisotopic (exact) mass is 189 g/mol. The maximum absolute atomic E-state index is 11.0. The molecule has 4 heteroatoms. The van der Waals surface area contributed by atoms with Crippen molar-refractivity contribution in [2.75, 3.05) is 12.4 Å². The number of rotatable bonds is 2. The first-order valence-corrected chi connectivity index (χ1v) is 5.12. The normalized spacial score (nSPS) is 25.8. The summed E-state index contributed by atoms with van der Waals surface area (Å²) in [5.74, 6) is 0.992. The number of ether oxygens (including phenoxy) is 1. The average Bonchev–Trinajstić information content (AvgIpc) is 1.99. The SMILES string of the molecule is CCOC(=O)NC1CSC1(C)C. The van der Waals surface area contributed by atoms with Crippen molar-refractivity contribution in [1.29, 1.82) is 0 Å². The van der Waals surface area contributed by atoms with E-state index in [1.54, 1.807) is 6.92 Å². The van der Waals surface area contributed by atoms with Gasteiger partial charge in [-0.25, -0.2) is 4.79 Å². The Labute approximate surface area is 77.2 Å². The summed E-state index contributed by atoms with van der Waals surface area (Å²) in [5.41, 5.74) is 0. The minimum Gasteiger partial charge on any atom is -0.450 e. The van der Waals surface area contributed by atoms with Crippen LogP contribution in [0.2, 0.25) is 0 Å². The second-order valence-electron chi connectivity index (χ2n) is 3.33. The van der Waals surface area contributed by atoms with Gasteiger partial charge in [-0.2, -0.15) is 11.8 Å². The van der Waals surface area contributed by atoms with E-state index < -0.39 is 0 Å². The molecule has 70 valence electrons. The van der Waals surface area contributed by atoms with E-state index in [2.05, 4.69) is 19.2 Å². The first kappa shape index (κ1) is 9.71. The molecule has 0 bridgehead atoms. The molecule has 12 heavy (non-hydrogen) atoms. The predicted molar refractivity (Wildman–Crippen MR) is 50.5 cm³/mol. The molecule has 1 fully saturated rings. The van der Waals surface area contributed by atoms with E-state index in [1.165, 1.54) is 0 Å². The number of nitrogens with one attached hydrogen (secondary N) is 1. The van der Waals surface area contributed by atoms with E-state index in [4.69, 9.17) is 4.74 Å². The number of carbonyl (C=O) groups excluding carboxylic acids is 1. The van der Waals surface area contributed by atoms with Gasteiger partial charge in [0, 0.05) is 10.5 Å². The van der Waals surface area contributed by atoms with Gasteiger partial charge in [-0.05, 0) is 20.8 Å². The largest absolute Gasteiger partial charge is 0.450 e. The lowest BCUT2D eigenvalue weighted by molar-refractivity contribution is 0.146. The summed E-state index contributed by atoms with van der Waals surface area (Å²) in [4.78, 5) is 11.0. The zero-order chi connectivity index (χ0) is 9.19. The van der Waals surface area contributed by atoms with Crippen molar-refractivity contribution in [3.8, 4) is 0 Å². The van der Waals surface area contributed by atoms with Gasteiger partial charge in [0.05, 0.1) is 12.6 Å². The Kier molecular flexibility index (Phi) is 2.88. The zero-order valence-electron chi connectivity index (χ0n) is 7.72. The van der Waals surface area contributed by atoms with Crippen molar-refractivity contribution in [2.45, 2.75) is 31.6 Å². The quantitative estimate of drug-likeness (QED) is 0.717. The van der Waals surface area contributed by atoms with Crippen LogP contribution in [-0.2, 0) is 4.74 Å². The van der Waals surface area contributed by atoms with Crippen LogP contribution < -0.4 is 5.32 Å². The molecule has 1 atom stereocenters. The van der Waals surface area contributed by atoms with Crippen LogP contribution in [-0.4, -0.2) is 29.2 Å². The van der Waals surface area contributed by atoms with Gasteiger partial charge in [-0.1, -0.05) is 0 Å². The van der Waals surface area contributed by atoms with E-state index in [0.717, 1.165) is 5.75 Å². The summed E-state index contributed by atoms with van der Waals surface area (Å²) in [6.07, 6.45) is -0.295. The maximum Gasteiger partial charge on any atom is 0.407 e. The van der Waals surface area contributed by atoms with E-state index in [-0.39, 0.29) is 16.9 Å². The van der Waals surface area contributed by atoms with E-state index >= 15 is 0 Å². The van der Waals surface area contributed by atoms with Crippen molar-refractivity contribution in [3.05, 3.63) is 0 Å². The number of alkyl carbamates (subject to hydrolysis) is 1. The molecular weight excluding hydrogens is 174 g/mol. The Morgan fingerprint density at radius 1 is 1.75 bits per heavy atom. The predicted octanol–water partition coefficient (Wildman–Crippen LogP) is 1.63. The highest BCUT2D eigenvalue weighted by atomic mass is 32.2. The van der Waals surface area contributed by atoms with Gasteiger partial charge < -0.3 is 10.1 Å². The van der Waals surface area contributed by atoms with E-state index in [0.29, 0.717) is 6.61 Å². The van der Waals surface area contributed by atoms with Crippen molar-refractivity contribution in [2.24, 2.45) is 0 Å². The molecule has 1 saturated heterocycles. The molecule has 1 aliphatic rings. The highest BCUT2D eigenvalue weighted by Gasteiger charge is 2.40. The van der Waals surface area contributed by atoms with E-state index in [1.807, 2.05) is 11.8 Å². The Bertz CT molecular complexity index is 182. The van der Waals surface area contributed by atoms with Gasteiger partial charge in [0.25, 0.3) is 0 Å².